The molecular weight excluding hydrogens is 342 g/mol. The summed E-state index contributed by atoms with van der Waals surface area (Å²) in [6, 6.07) is 0.569. The Hall–Kier alpha value is -1.73. The third-order valence-corrected chi connectivity index (χ3v) is 5.77. The smallest absolute Gasteiger partial charge is 0.224 e. The molecule has 0 aromatic carbocycles. The number of aromatic nitrogens is 2. The van der Waals surface area contributed by atoms with Gasteiger partial charge in [0.25, 0.3) is 0 Å². The van der Waals surface area contributed by atoms with E-state index >= 15 is 0 Å². The summed E-state index contributed by atoms with van der Waals surface area (Å²) in [6.45, 7) is 9.23. The van der Waals surface area contributed by atoms with Gasteiger partial charge in [-0.25, -0.2) is 9.97 Å². The number of likely N-dealkylation sites (tertiary alicyclic amines) is 1. The number of methoxy groups -OCH3 is 1. The van der Waals surface area contributed by atoms with E-state index in [1.807, 2.05) is 13.1 Å². The second-order valence-corrected chi connectivity index (χ2v) is 7.76. The zero-order chi connectivity index (χ0) is 19.2. The number of piperidine rings is 2. The minimum Gasteiger partial charge on any atom is -0.383 e. The standard InChI is InChI=1S/C20H33N5O2/c1-15-13-22-16(2)23-19(15)24-10-6-18(7-11-24)25-9-4-5-17(14-25)20(26)21-8-12-27-3/h13,17-18H,4-12,14H2,1-3H3,(H,21,26). The van der Waals surface area contributed by atoms with Gasteiger partial charge in [0.15, 0.2) is 0 Å². The highest BCUT2D eigenvalue weighted by molar-refractivity contribution is 5.78. The topological polar surface area (TPSA) is 70.6 Å². The van der Waals surface area contributed by atoms with Crippen LogP contribution in [-0.4, -0.2) is 73.3 Å². The van der Waals surface area contributed by atoms with E-state index in [9.17, 15) is 4.79 Å². The summed E-state index contributed by atoms with van der Waals surface area (Å²) in [5, 5.41) is 3.00. The van der Waals surface area contributed by atoms with Crippen molar-refractivity contribution >= 4 is 11.7 Å². The van der Waals surface area contributed by atoms with Crippen LogP contribution in [-0.2, 0) is 9.53 Å². The third-order valence-electron chi connectivity index (χ3n) is 5.77. The van der Waals surface area contributed by atoms with Crippen LogP contribution in [0.1, 0.15) is 37.1 Å². The van der Waals surface area contributed by atoms with Crippen LogP contribution in [0.3, 0.4) is 0 Å². The van der Waals surface area contributed by atoms with Gasteiger partial charge in [-0.05, 0) is 46.1 Å². The molecule has 1 aromatic heterocycles. The lowest BCUT2D eigenvalue weighted by Crippen LogP contribution is -2.51. The molecule has 27 heavy (non-hydrogen) atoms. The summed E-state index contributed by atoms with van der Waals surface area (Å²) in [5.41, 5.74) is 1.14. The Labute approximate surface area is 162 Å². The van der Waals surface area contributed by atoms with Crippen LogP contribution in [0.2, 0.25) is 0 Å². The molecule has 1 amide bonds. The van der Waals surface area contributed by atoms with E-state index in [4.69, 9.17) is 4.74 Å². The van der Waals surface area contributed by atoms with Crippen molar-refractivity contribution in [3.63, 3.8) is 0 Å². The van der Waals surface area contributed by atoms with Crippen LogP contribution < -0.4 is 10.2 Å². The molecule has 3 rings (SSSR count). The molecule has 2 aliphatic rings. The molecule has 2 saturated heterocycles. The second kappa shape index (κ2) is 9.46. The highest BCUT2D eigenvalue weighted by Crippen LogP contribution is 2.27. The monoisotopic (exact) mass is 375 g/mol. The Morgan fingerprint density at radius 1 is 1.26 bits per heavy atom. The lowest BCUT2D eigenvalue weighted by atomic mass is 9.93. The molecule has 0 saturated carbocycles. The van der Waals surface area contributed by atoms with Crippen LogP contribution in [0.4, 0.5) is 5.82 Å². The van der Waals surface area contributed by atoms with Gasteiger partial charge in [0.2, 0.25) is 5.91 Å². The van der Waals surface area contributed by atoms with E-state index in [1.165, 1.54) is 0 Å². The minimum atomic E-state index is 0.111. The van der Waals surface area contributed by atoms with Gasteiger partial charge in [-0.3, -0.25) is 9.69 Å². The fourth-order valence-electron chi connectivity index (χ4n) is 4.25. The average molecular weight is 376 g/mol. The predicted molar refractivity (Wildman–Crippen MR) is 106 cm³/mol. The van der Waals surface area contributed by atoms with E-state index in [0.717, 1.165) is 69.1 Å². The van der Waals surface area contributed by atoms with Gasteiger partial charge in [0, 0.05) is 51.1 Å². The van der Waals surface area contributed by atoms with Gasteiger partial charge in [0.05, 0.1) is 12.5 Å². The van der Waals surface area contributed by atoms with E-state index in [1.54, 1.807) is 7.11 Å². The third kappa shape index (κ3) is 5.17. The van der Waals surface area contributed by atoms with Gasteiger partial charge < -0.3 is 15.0 Å². The molecule has 1 atom stereocenters. The molecule has 7 heteroatoms. The number of hydrogen-bond acceptors (Lipinski definition) is 6. The number of rotatable bonds is 6. The Morgan fingerprint density at radius 2 is 2.04 bits per heavy atom. The maximum atomic E-state index is 12.4. The maximum absolute atomic E-state index is 12.4. The summed E-state index contributed by atoms with van der Waals surface area (Å²) in [5.74, 6) is 2.20. The number of amides is 1. The first-order chi connectivity index (χ1) is 13.1. The van der Waals surface area contributed by atoms with Crippen LogP contribution in [0.15, 0.2) is 6.20 Å². The molecule has 2 fully saturated rings. The minimum absolute atomic E-state index is 0.111. The van der Waals surface area contributed by atoms with Crippen molar-refractivity contribution in [2.45, 2.75) is 45.6 Å². The number of carbonyl (C=O) groups is 1. The van der Waals surface area contributed by atoms with Crippen LogP contribution in [0.5, 0.6) is 0 Å². The first-order valence-corrected chi connectivity index (χ1v) is 10.1. The number of aryl methyl sites for hydroxylation is 2. The van der Waals surface area contributed by atoms with Crippen LogP contribution in [0.25, 0.3) is 0 Å². The number of anilines is 1. The Kier molecular flexibility index (Phi) is 7.01. The Balaban J connectivity index is 1.51. The van der Waals surface area contributed by atoms with Crippen molar-refractivity contribution in [2.24, 2.45) is 5.92 Å². The van der Waals surface area contributed by atoms with Crippen LogP contribution in [0, 0.1) is 19.8 Å². The van der Waals surface area contributed by atoms with E-state index in [-0.39, 0.29) is 11.8 Å². The molecule has 2 aliphatic heterocycles. The average Bonchev–Trinajstić information content (AvgIpc) is 2.70. The lowest BCUT2D eigenvalue weighted by Gasteiger charge is -2.42. The molecule has 1 unspecified atom stereocenters. The van der Waals surface area contributed by atoms with Gasteiger partial charge in [-0.1, -0.05) is 0 Å². The molecule has 150 valence electrons. The lowest BCUT2D eigenvalue weighted by molar-refractivity contribution is -0.127. The second-order valence-electron chi connectivity index (χ2n) is 7.76. The zero-order valence-electron chi connectivity index (χ0n) is 16.9. The Morgan fingerprint density at radius 3 is 2.78 bits per heavy atom. The van der Waals surface area contributed by atoms with Crippen molar-refractivity contribution in [3.8, 4) is 0 Å². The number of hydrogen-bond donors (Lipinski definition) is 1. The summed E-state index contributed by atoms with van der Waals surface area (Å²) in [6.07, 6.45) is 6.27. The molecule has 0 radical (unpaired) electrons. The number of nitrogens with one attached hydrogen (secondary N) is 1. The number of carbonyl (C=O) groups excluding carboxylic acids is 1. The van der Waals surface area contributed by atoms with Gasteiger partial charge >= 0.3 is 0 Å². The van der Waals surface area contributed by atoms with Gasteiger partial charge in [-0.2, -0.15) is 0 Å². The molecule has 0 bridgehead atoms. The van der Waals surface area contributed by atoms with Gasteiger partial charge in [-0.15, -0.1) is 0 Å². The fraction of sp³-hybridized carbons (Fsp3) is 0.750. The van der Waals surface area contributed by atoms with E-state index in [0.29, 0.717) is 19.2 Å². The molecule has 0 aliphatic carbocycles. The normalized spacial score (nSPS) is 22.0. The first kappa shape index (κ1) is 20.0. The van der Waals surface area contributed by atoms with Crippen molar-refractivity contribution < 1.29 is 9.53 Å². The zero-order valence-corrected chi connectivity index (χ0v) is 16.9. The molecule has 1 N–H and O–H groups in total. The molecule has 7 nitrogen and oxygen atoms in total. The highest BCUT2D eigenvalue weighted by atomic mass is 16.5. The summed E-state index contributed by atoms with van der Waals surface area (Å²) < 4.78 is 5.02. The predicted octanol–water partition coefficient (Wildman–Crippen LogP) is 1.54. The SMILES string of the molecule is COCCNC(=O)C1CCCN(C2CCN(c3nc(C)ncc3C)CC2)C1. The number of ether oxygens (including phenoxy) is 1. The van der Waals surface area contributed by atoms with Crippen molar-refractivity contribution in [3.05, 3.63) is 17.6 Å². The van der Waals surface area contributed by atoms with Crippen molar-refractivity contribution in [2.75, 3.05) is 51.3 Å². The first-order valence-electron chi connectivity index (χ1n) is 10.1. The Bertz CT molecular complexity index is 631. The van der Waals surface area contributed by atoms with E-state index in [2.05, 4.69) is 32.0 Å². The summed E-state index contributed by atoms with van der Waals surface area (Å²) in [7, 11) is 1.66. The molecular formula is C20H33N5O2. The van der Waals surface area contributed by atoms with Crippen molar-refractivity contribution in [1.82, 2.24) is 20.2 Å². The highest BCUT2D eigenvalue weighted by Gasteiger charge is 2.32. The van der Waals surface area contributed by atoms with E-state index < -0.39 is 0 Å². The molecule has 1 aromatic rings. The molecule has 3 heterocycles. The maximum Gasteiger partial charge on any atom is 0.224 e. The largest absolute Gasteiger partial charge is 0.383 e. The quantitative estimate of drug-likeness (QED) is 0.761. The van der Waals surface area contributed by atoms with Crippen LogP contribution >= 0.6 is 0 Å². The summed E-state index contributed by atoms with van der Waals surface area (Å²) in [4.78, 5) is 26.2. The van der Waals surface area contributed by atoms with Gasteiger partial charge in [0.1, 0.15) is 11.6 Å². The fourth-order valence-corrected chi connectivity index (χ4v) is 4.25. The molecule has 0 spiro atoms. The van der Waals surface area contributed by atoms with Crippen molar-refractivity contribution in [1.29, 1.82) is 0 Å². The summed E-state index contributed by atoms with van der Waals surface area (Å²) >= 11 is 0. The number of nitrogens with zero attached hydrogens (tertiary/aromatic N) is 4.